The molecule has 0 atom stereocenters. The van der Waals surface area contributed by atoms with Gasteiger partial charge in [-0.25, -0.2) is 0 Å². The van der Waals surface area contributed by atoms with Crippen LogP contribution in [0.3, 0.4) is 0 Å². The van der Waals surface area contributed by atoms with Gasteiger partial charge in [-0.05, 0) is 32.0 Å². The van der Waals surface area contributed by atoms with Gasteiger partial charge in [-0.1, -0.05) is 53.0 Å². The molecule has 0 unspecified atom stereocenters. The van der Waals surface area contributed by atoms with Crippen LogP contribution >= 0.6 is 23.2 Å². The molecule has 108 valence electrons. The monoisotopic (exact) mass is 319 g/mol. The van der Waals surface area contributed by atoms with E-state index in [1.54, 1.807) is 24.3 Å². The molecular weight excluding hydrogens is 305 g/mol. The summed E-state index contributed by atoms with van der Waals surface area (Å²) in [6, 6.07) is 12.6. The molecule has 0 saturated carbocycles. The first-order valence-corrected chi connectivity index (χ1v) is 7.22. The Bertz CT molecular complexity index is 670. The standard InChI is InChI=1S/C17H15Cl2NO/c1-11-3-5-13(6-4-11)17(21)7-12(2)20-16-9-14(18)8-15(19)10-16/h3-10,20H,1-2H3/b12-7+. The topological polar surface area (TPSA) is 29.1 Å². The molecule has 0 aliphatic carbocycles. The number of carbonyl (C=O) groups is 1. The third-order valence-corrected chi connectivity index (χ3v) is 3.32. The normalized spacial score (nSPS) is 11.3. The van der Waals surface area contributed by atoms with Gasteiger partial charge in [-0.15, -0.1) is 0 Å². The summed E-state index contributed by atoms with van der Waals surface area (Å²) in [6.07, 6.45) is 1.56. The number of allylic oxidation sites excluding steroid dienone is 2. The van der Waals surface area contributed by atoms with E-state index in [2.05, 4.69) is 5.32 Å². The summed E-state index contributed by atoms with van der Waals surface area (Å²) in [6.45, 7) is 3.81. The van der Waals surface area contributed by atoms with E-state index in [4.69, 9.17) is 23.2 Å². The molecule has 0 aromatic heterocycles. The predicted molar refractivity (Wildman–Crippen MR) is 89.4 cm³/mol. The third kappa shape index (κ3) is 4.62. The molecule has 2 aromatic rings. The van der Waals surface area contributed by atoms with Crippen molar-refractivity contribution in [2.24, 2.45) is 0 Å². The number of carbonyl (C=O) groups excluding carboxylic acids is 1. The Morgan fingerprint density at radius 1 is 1.05 bits per heavy atom. The molecule has 2 nitrogen and oxygen atoms in total. The Balaban J connectivity index is 2.13. The van der Waals surface area contributed by atoms with Gasteiger partial charge in [0.25, 0.3) is 0 Å². The predicted octanol–water partition coefficient (Wildman–Crippen LogP) is 5.50. The fourth-order valence-corrected chi connectivity index (χ4v) is 2.41. The summed E-state index contributed by atoms with van der Waals surface area (Å²) in [5.41, 5.74) is 3.25. The van der Waals surface area contributed by atoms with Crippen LogP contribution < -0.4 is 5.32 Å². The lowest BCUT2D eigenvalue weighted by atomic mass is 10.1. The van der Waals surface area contributed by atoms with Gasteiger partial charge < -0.3 is 5.32 Å². The van der Waals surface area contributed by atoms with Crippen LogP contribution in [0.15, 0.2) is 54.2 Å². The minimum Gasteiger partial charge on any atom is -0.359 e. The lowest BCUT2D eigenvalue weighted by Gasteiger charge is -2.07. The molecule has 2 aromatic carbocycles. The zero-order chi connectivity index (χ0) is 15.4. The van der Waals surface area contributed by atoms with Crippen molar-refractivity contribution in [1.29, 1.82) is 0 Å². The smallest absolute Gasteiger partial charge is 0.187 e. The van der Waals surface area contributed by atoms with Crippen molar-refractivity contribution in [3.05, 3.63) is 75.4 Å². The van der Waals surface area contributed by atoms with Crippen LogP contribution in [0.4, 0.5) is 5.69 Å². The van der Waals surface area contributed by atoms with E-state index >= 15 is 0 Å². The molecule has 0 aliphatic heterocycles. The second-order valence-electron chi connectivity index (χ2n) is 4.84. The zero-order valence-corrected chi connectivity index (χ0v) is 13.3. The summed E-state index contributed by atoms with van der Waals surface area (Å²) in [5, 5.41) is 4.20. The lowest BCUT2D eigenvalue weighted by Crippen LogP contribution is -2.01. The molecule has 0 heterocycles. The average Bonchev–Trinajstić information content (AvgIpc) is 2.37. The van der Waals surface area contributed by atoms with Gasteiger partial charge in [0.1, 0.15) is 0 Å². The van der Waals surface area contributed by atoms with E-state index in [1.807, 2.05) is 38.1 Å². The summed E-state index contributed by atoms with van der Waals surface area (Å²) in [4.78, 5) is 12.1. The number of rotatable bonds is 4. The molecule has 0 amide bonds. The van der Waals surface area contributed by atoms with E-state index in [0.29, 0.717) is 15.6 Å². The number of benzene rings is 2. The number of anilines is 1. The van der Waals surface area contributed by atoms with Crippen molar-refractivity contribution in [2.75, 3.05) is 5.32 Å². The Morgan fingerprint density at radius 2 is 1.62 bits per heavy atom. The molecule has 0 saturated heterocycles. The van der Waals surface area contributed by atoms with Gasteiger partial charge in [-0.2, -0.15) is 0 Å². The maximum Gasteiger partial charge on any atom is 0.187 e. The zero-order valence-electron chi connectivity index (χ0n) is 11.8. The quantitative estimate of drug-likeness (QED) is 0.595. The number of halogens is 2. The van der Waals surface area contributed by atoms with Crippen LogP contribution in [-0.2, 0) is 0 Å². The minimum absolute atomic E-state index is 0.0480. The first kappa shape index (κ1) is 15.6. The van der Waals surface area contributed by atoms with E-state index < -0.39 is 0 Å². The van der Waals surface area contributed by atoms with Crippen LogP contribution in [0.2, 0.25) is 10.0 Å². The van der Waals surface area contributed by atoms with Crippen LogP contribution in [0.5, 0.6) is 0 Å². The molecule has 1 N–H and O–H groups in total. The number of ketones is 1. The van der Waals surface area contributed by atoms with Gasteiger partial charge in [0.2, 0.25) is 0 Å². The van der Waals surface area contributed by atoms with Gasteiger partial charge in [0.15, 0.2) is 5.78 Å². The Kier molecular flexibility index (Phi) is 5.05. The van der Waals surface area contributed by atoms with E-state index in [0.717, 1.165) is 16.9 Å². The number of nitrogens with one attached hydrogen (secondary N) is 1. The minimum atomic E-state index is -0.0480. The van der Waals surface area contributed by atoms with Gasteiger partial charge in [0.05, 0.1) is 0 Å². The van der Waals surface area contributed by atoms with Crippen molar-refractivity contribution in [3.8, 4) is 0 Å². The average molecular weight is 320 g/mol. The molecule has 0 aliphatic rings. The van der Waals surface area contributed by atoms with Crippen molar-refractivity contribution >= 4 is 34.7 Å². The molecule has 0 radical (unpaired) electrons. The highest BCUT2D eigenvalue weighted by molar-refractivity contribution is 6.35. The first-order chi connectivity index (χ1) is 9.94. The van der Waals surface area contributed by atoms with Gasteiger partial charge in [0, 0.05) is 33.1 Å². The SMILES string of the molecule is C/C(=C\C(=O)c1ccc(C)cc1)Nc1cc(Cl)cc(Cl)c1. The molecular formula is C17H15Cl2NO. The van der Waals surface area contributed by atoms with Gasteiger partial charge >= 0.3 is 0 Å². The maximum atomic E-state index is 12.1. The molecule has 2 rings (SSSR count). The molecule has 21 heavy (non-hydrogen) atoms. The van der Waals surface area contributed by atoms with Crippen molar-refractivity contribution in [1.82, 2.24) is 0 Å². The van der Waals surface area contributed by atoms with Crippen molar-refractivity contribution in [3.63, 3.8) is 0 Å². The lowest BCUT2D eigenvalue weighted by molar-refractivity contribution is 0.104. The summed E-state index contributed by atoms with van der Waals surface area (Å²) in [5.74, 6) is -0.0480. The van der Waals surface area contributed by atoms with E-state index in [1.165, 1.54) is 0 Å². The second kappa shape index (κ2) is 6.79. The molecule has 0 spiro atoms. The van der Waals surface area contributed by atoms with Gasteiger partial charge in [-0.3, -0.25) is 4.79 Å². The Hall–Kier alpha value is -1.77. The maximum absolute atomic E-state index is 12.1. The van der Waals surface area contributed by atoms with Crippen LogP contribution in [0.1, 0.15) is 22.8 Å². The number of aryl methyl sites for hydroxylation is 1. The second-order valence-corrected chi connectivity index (χ2v) is 5.71. The largest absolute Gasteiger partial charge is 0.359 e. The van der Waals surface area contributed by atoms with Crippen LogP contribution in [0, 0.1) is 6.92 Å². The third-order valence-electron chi connectivity index (χ3n) is 2.89. The Labute approximate surface area is 134 Å². The molecule has 0 bridgehead atoms. The first-order valence-electron chi connectivity index (χ1n) is 6.46. The van der Waals surface area contributed by atoms with Crippen LogP contribution in [-0.4, -0.2) is 5.78 Å². The number of hydrogen-bond donors (Lipinski definition) is 1. The van der Waals surface area contributed by atoms with Crippen molar-refractivity contribution in [2.45, 2.75) is 13.8 Å². The fraction of sp³-hybridized carbons (Fsp3) is 0.118. The highest BCUT2D eigenvalue weighted by Crippen LogP contribution is 2.23. The summed E-state index contributed by atoms with van der Waals surface area (Å²) >= 11 is 11.9. The highest BCUT2D eigenvalue weighted by atomic mass is 35.5. The summed E-state index contributed by atoms with van der Waals surface area (Å²) in [7, 11) is 0. The Morgan fingerprint density at radius 3 is 2.19 bits per heavy atom. The van der Waals surface area contributed by atoms with Crippen LogP contribution in [0.25, 0.3) is 0 Å². The van der Waals surface area contributed by atoms with E-state index in [9.17, 15) is 4.79 Å². The van der Waals surface area contributed by atoms with E-state index in [-0.39, 0.29) is 5.78 Å². The number of hydrogen-bond acceptors (Lipinski definition) is 2. The highest BCUT2D eigenvalue weighted by Gasteiger charge is 2.04. The molecule has 0 fully saturated rings. The fourth-order valence-electron chi connectivity index (χ4n) is 1.89. The molecule has 4 heteroatoms. The summed E-state index contributed by atoms with van der Waals surface area (Å²) < 4.78 is 0. The van der Waals surface area contributed by atoms with Crippen molar-refractivity contribution < 1.29 is 4.79 Å².